The molecule has 0 spiro atoms. The maximum atomic E-state index is 11.3. The van der Waals surface area contributed by atoms with E-state index in [4.69, 9.17) is 4.74 Å². The first-order valence-electron chi connectivity index (χ1n) is 6.44. The van der Waals surface area contributed by atoms with Gasteiger partial charge in [0.2, 0.25) is 0 Å². The Morgan fingerprint density at radius 1 is 1.40 bits per heavy atom. The van der Waals surface area contributed by atoms with Crippen molar-refractivity contribution in [2.45, 2.75) is 26.4 Å². The van der Waals surface area contributed by atoms with Crippen LogP contribution in [0.25, 0.3) is 5.69 Å². The molecule has 0 saturated heterocycles. The summed E-state index contributed by atoms with van der Waals surface area (Å²) in [6, 6.07) is 7.85. The van der Waals surface area contributed by atoms with Gasteiger partial charge < -0.3 is 9.84 Å². The van der Waals surface area contributed by atoms with Gasteiger partial charge in [0.05, 0.1) is 24.2 Å². The van der Waals surface area contributed by atoms with Crippen LogP contribution < -0.4 is 0 Å². The predicted octanol–water partition coefficient (Wildman–Crippen LogP) is 2.84. The van der Waals surface area contributed by atoms with Gasteiger partial charge >= 0.3 is 5.97 Å². The molecule has 106 valence electrons. The SMILES string of the molecule is COCc1c(C(=O)O)cnn1-c1ccccc1C(C)C. The lowest BCUT2D eigenvalue weighted by Crippen LogP contribution is -2.10. The summed E-state index contributed by atoms with van der Waals surface area (Å²) in [5, 5.41) is 13.4. The van der Waals surface area contributed by atoms with Crippen LogP contribution in [0.3, 0.4) is 0 Å². The maximum Gasteiger partial charge on any atom is 0.339 e. The number of carbonyl (C=O) groups is 1. The topological polar surface area (TPSA) is 64.3 Å². The Bertz CT molecular complexity index is 617. The van der Waals surface area contributed by atoms with Crippen molar-refractivity contribution in [3.63, 3.8) is 0 Å². The van der Waals surface area contributed by atoms with Gasteiger partial charge in [0, 0.05) is 7.11 Å². The number of nitrogens with zero attached hydrogens (tertiary/aromatic N) is 2. The highest BCUT2D eigenvalue weighted by molar-refractivity contribution is 5.88. The number of para-hydroxylation sites is 1. The minimum absolute atomic E-state index is 0.172. The number of ether oxygens (including phenoxy) is 1. The number of rotatable bonds is 5. The van der Waals surface area contributed by atoms with Crippen LogP contribution in [0.1, 0.15) is 41.4 Å². The summed E-state index contributed by atoms with van der Waals surface area (Å²) >= 11 is 0. The number of hydrogen-bond donors (Lipinski definition) is 1. The number of aromatic carboxylic acids is 1. The minimum atomic E-state index is -0.995. The Kier molecular flexibility index (Phi) is 4.20. The Balaban J connectivity index is 2.61. The Morgan fingerprint density at radius 2 is 2.10 bits per heavy atom. The zero-order valence-corrected chi connectivity index (χ0v) is 11.8. The van der Waals surface area contributed by atoms with Gasteiger partial charge in [-0.2, -0.15) is 5.10 Å². The van der Waals surface area contributed by atoms with Crippen LogP contribution in [0.5, 0.6) is 0 Å². The summed E-state index contributed by atoms with van der Waals surface area (Å²) < 4.78 is 6.77. The van der Waals surface area contributed by atoms with Gasteiger partial charge in [-0.25, -0.2) is 9.48 Å². The highest BCUT2D eigenvalue weighted by atomic mass is 16.5. The quantitative estimate of drug-likeness (QED) is 0.910. The molecule has 5 heteroatoms. The second kappa shape index (κ2) is 5.88. The molecule has 2 aromatic rings. The van der Waals surface area contributed by atoms with Crippen molar-refractivity contribution in [1.82, 2.24) is 9.78 Å². The molecule has 0 unspecified atom stereocenters. The van der Waals surface area contributed by atoms with Crippen molar-refractivity contribution in [1.29, 1.82) is 0 Å². The molecule has 0 atom stereocenters. The monoisotopic (exact) mass is 274 g/mol. The molecular weight excluding hydrogens is 256 g/mol. The Labute approximate surface area is 117 Å². The summed E-state index contributed by atoms with van der Waals surface area (Å²) in [6.07, 6.45) is 1.37. The molecule has 0 aliphatic carbocycles. The van der Waals surface area contributed by atoms with Crippen molar-refractivity contribution >= 4 is 5.97 Å². The molecule has 2 rings (SSSR count). The van der Waals surface area contributed by atoms with Gasteiger partial charge in [-0.15, -0.1) is 0 Å². The summed E-state index contributed by atoms with van der Waals surface area (Å²) in [5.74, 6) is -0.676. The van der Waals surface area contributed by atoms with Gasteiger partial charge in [0.15, 0.2) is 0 Å². The zero-order chi connectivity index (χ0) is 14.7. The first kappa shape index (κ1) is 14.3. The molecule has 0 fully saturated rings. The van der Waals surface area contributed by atoms with E-state index >= 15 is 0 Å². The first-order chi connectivity index (χ1) is 9.56. The highest BCUT2D eigenvalue weighted by Crippen LogP contribution is 2.25. The van der Waals surface area contributed by atoms with Gasteiger partial charge in [-0.1, -0.05) is 32.0 Å². The fourth-order valence-corrected chi connectivity index (χ4v) is 2.20. The number of carboxylic acid groups (broad SMARTS) is 1. The van der Waals surface area contributed by atoms with Crippen molar-refractivity contribution in [2.75, 3.05) is 7.11 Å². The smallest absolute Gasteiger partial charge is 0.339 e. The molecule has 1 heterocycles. The second-order valence-electron chi connectivity index (χ2n) is 4.87. The lowest BCUT2D eigenvalue weighted by molar-refractivity contribution is 0.0691. The molecule has 1 aromatic carbocycles. The average molecular weight is 274 g/mol. The average Bonchev–Trinajstić information content (AvgIpc) is 2.83. The fraction of sp³-hybridized carbons (Fsp3) is 0.333. The number of hydrogen-bond acceptors (Lipinski definition) is 3. The highest BCUT2D eigenvalue weighted by Gasteiger charge is 2.19. The fourth-order valence-electron chi connectivity index (χ4n) is 2.20. The van der Waals surface area contributed by atoms with Crippen LogP contribution in [0.4, 0.5) is 0 Å². The zero-order valence-electron chi connectivity index (χ0n) is 11.8. The third-order valence-electron chi connectivity index (χ3n) is 3.17. The molecule has 0 bridgehead atoms. The molecule has 0 radical (unpaired) electrons. The summed E-state index contributed by atoms with van der Waals surface area (Å²) in [6.45, 7) is 4.39. The van der Waals surface area contributed by atoms with Gasteiger partial charge in [-0.3, -0.25) is 0 Å². The van der Waals surface area contributed by atoms with E-state index in [1.54, 1.807) is 4.68 Å². The van der Waals surface area contributed by atoms with Gasteiger partial charge in [-0.05, 0) is 17.5 Å². The lowest BCUT2D eigenvalue weighted by Gasteiger charge is -2.15. The molecule has 0 saturated carbocycles. The third kappa shape index (κ3) is 2.58. The number of benzene rings is 1. The van der Waals surface area contributed by atoms with Crippen LogP contribution in [0.2, 0.25) is 0 Å². The van der Waals surface area contributed by atoms with E-state index in [1.165, 1.54) is 13.3 Å². The first-order valence-corrected chi connectivity index (χ1v) is 6.44. The van der Waals surface area contributed by atoms with Crippen LogP contribution >= 0.6 is 0 Å². The van der Waals surface area contributed by atoms with Crippen molar-refractivity contribution < 1.29 is 14.6 Å². The van der Waals surface area contributed by atoms with Crippen LogP contribution in [-0.2, 0) is 11.3 Å². The molecule has 0 aliphatic heterocycles. The summed E-state index contributed by atoms with van der Waals surface area (Å²) in [4.78, 5) is 11.3. The van der Waals surface area contributed by atoms with Crippen LogP contribution in [-0.4, -0.2) is 28.0 Å². The van der Waals surface area contributed by atoms with E-state index in [-0.39, 0.29) is 12.2 Å². The van der Waals surface area contributed by atoms with E-state index < -0.39 is 5.97 Å². The molecule has 1 aromatic heterocycles. The molecule has 1 N–H and O–H groups in total. The molecule has 20 heavy (non-hydrogen) atoms. The Hall–Kier alpha value is -2.14. The number of carboxylic acids is 1. The van der Waals surface area contributed by atoms with E-state index in [9.17, 15) is 9.90 Å². The van der Waals surface area contributed by atoms with E-state index in [0.717, 1.165) is 11.3 Å². The number of aromatic nitrogens is 2. The molecule has 5 nitrogen and oxygen atoms in total. The lowest BCUT2D eigenvalue weighted by atomic mass is 10.0. The summed E-state index contributed by atoms with van der Waals surface area (Å²) in [7, 11) is 1.54. The van der Waals surface area contributed by atoms with E-state index in [1.807, 2.05) is 24.3 Å². The van der Waals surface area contributed by atoms with Gasteiger partial charge in [0.1, 0.15) is 5.56 Å². The van der Waals surface area contributed by atoms with Crippen molar-refractivity contribution in [3.8, 4) is 5.69 Å². The van der Waals surface area contributed by atoms with Crippen molar-refractivity contribution in [3.05, 3.63) is 47.3 Å². The second-order valence-corrected chi connectivity index (χ2v) is 4.87. The van der Waals surface area contributed by atoms with Crippen LogP contribution in [0, 0.1) is 0 Å². The minimum Gasteiger partial charge on any atom is -0.478 e. The van der Waals surface area contributed by atoms with Crippen LogP contribution in [0.15, 0.2) is 30.5 Å². The normalized spacial score (nSPS) is 11.0. The molecular formula is C15H18N2O3. The molecule has 0 aliphatic rings. The standard InChI is InChI=1S/C15H18N2O3/c1-10(2)11-6-4-5-7-13(11)17-14(9-20-3)12(8-16-17)15(18)19/h4-8,10H,9H2,1-3H3,(H,18,19). The Morgan fingerprint density at radius 3 is 2.70 bits per heavy atom. The van der Waals surface area contributed by atoms with E-state index in [2.05, 4.69) is 18.9 Å². The molecule has 0 amide bonds. The predicted molar refractivity (Wildman–Crippen MR) is 75.3 cm³/mol. The van der Waals surface area contributed by atoms with E-state index in [0.29, 0.717) is 11.6 Å². The largest absolute Gasteiger partial charge is 0.478 e. The maximum absolute atomic E-state index is 11.3. The third-order valence-corrected chi connectivity index (χ3v) is 3.17. The number of methoxy groups -OCH3 is 1. The summed E-state index contributed by atoms with van der Waals surface area (Å²) in [5.41, 5.74) is 2.73. The van der Waals surface area contributed by atoms with Gasteiger partial charge in [0.25, 0.3) is 0 Å². The van der Waals surface area contributed by atoms with Crippen molar-refractivity contribution in [2.24, 2.45) is 0 Å².